The topological polar surface area (TPSA) is 12.0 Å². The molecular weight excluding hydrogens is 110 g/mol. The zero-order chi connectivity index (χ0) is 6.85. The third kappa shape index (κ3) is 1.45. The van der Waals surface area contributed by atoms with E-state index in [1.54, 1.807) is 0 Å². The summed E-state index contributed by atoms with van der Waals surface area (Å²) >= 11 is 0. The highest BCUT2D eigenvalue weighted by Gasteiger charge is 2.43. The molecule has 1 aliphatic carbocycles. The van der Waals surface area contributed by atoms with Crippen LogP contribution in [0.5, 0.6) is 0 Å². The number of fused-ring (bicyclic) bond motifs is 1. The summed E-state index contributed by atoms with van der Waals surface area (Å²) in [6.07, 6.45) is 2.90. The van der Waals surface area contributed by atoms with Crippen molar-refractivity contribution in [2.75, 3.05) is 0 Å². The predicted octanol–water partition coefficient (Wildman–Crippen LogP) is 1.78. The molecule has 0 aromatic heterocycles. The Kier molecular flexibility index (Phi) is 2.12. The van der Waals surface area contributed by atoms with E-state index in [1.165, 1.54) is 12.8 Å². The number of nitrogens with one attached hydrogen (secondary N) is 1. The van der Waals surface area contributed by atoms with E-state index in [0.717, 1.165) is 18.0 Å². The van der Waals surface area contributed by atoms with E-state index in [-0.39, 0.29) is 0 Å². The summed E-state index contributed by atoms with van der Waals surface area (Å²) in [6, 6.07) is 1.76. The quantitative estimate of drug-likeness (QED) is 0.523. The van der Waals surface area contributed by atoms with Crippen LogP contribution in [-0.2, 0) is 0 Å². The lowest BCUT2D eigenvalue weighted by molar-refractivity contribution is 0.584. The zero-order valence-corrected chi connectivity index (χ0v) is 6.65. The van der Waals surface area contributed by atoms with Crippen LogP contribution in [0.15, 0.2) is 0 Å². The fraction of sp³-hybridized carbons (Fsp3) is 1.00. The van der Waals surface area contributed by atoms with Gasteiger partial charge in [0.05, 0.1) is 0 Å². The van der Waals surface area contributed by atoms with Gasteiger partial charge in [-0.25, -0.2) is 0 Å². The van der Waals surface area contributed by atoms with Crippen molar-refractivity contribution in [1.82, 2.24) is 5.32 Å². The number of rotatable bonds is 0. The molecule has 9 heavy (non-hydrogen) atoms. The van der Waals surface area contributed by atoms with E-state index in [0.29, 0.717) is 0 Å². The third-order valence-electron chi connectivity index (χ3n) is 2.08. The van der Waals surface area contributed by atoms with Crippen molar-refractivity contribution in [3.8, 4) is 0 Å². The molecule has 1 saturated carbocycles. The van der Waals surface area contributed by atoms with Gasteiger partial charge in [0.25, 0.3) is 0 Å². The molecule has 0 bridgehead atoms. The molecule has 0 aromatic rings. The first-order valence-corrected chi connectivity index (χ1v) is 4.12. The van der Waals surface area contributed by atoms with Crippen LogP contribution in [-0.4, -0.2) is 12.1 Å². The highest BCUT2D eigenvalue weighted by molar-refractivity contribution is 5.01. The van der Waals surface area contributed by atoms with Gasteiger partial charge in [0, 0.05) is 12.1 Å². The molecule has 1 N–H and O–H groups in total. The minimum Gasteiger partial charge on any atom is -0.311 e. The summed E-state index contributed by atoms with van der Waals surface area (Å²) in [7, 11) is 0. The summed E-state index contributed by atoms with van der Waals surface area (Å²) < 4.78 is 0. The summed E-state index contributed by atoms with van der Waals surface area (Å²) in [5, 5.41) is 3.49. The monoisotopic (exact) mass is 127 g/mol. The van der Waals surface area contributed by atoms with Crippen molar-refractivity contribution in [3.63, 3.8) is 0 Å². The molecular formula is C8H17N. The molecule has 3 atom stereocenters. The standard InChI is InChI=1S/C6H11N.C2H6/c1-4-2-5-3-6(5)7-4;1-2/h4-7H,2-3H2,1H3;1-2H3/t4?,5-,6+;/m1./s1. The average molecular weight is 127 g/mol. The minimum absolute atomic E-state index is 0.823. The lowest BCUT2D eigenvalue weighted by Crippen LogP contribution is -2.21. The van der Waals surface area contributed by atoms with Crippen molar-refractivity contribution in [2.45, 2.75) is 45.7 Å². The Morgan fingerprint density at radius 1 is 1.22 bits per heavy atom. The molecule has 1 nitrogen and oxygen atoms in total. The Balaban J connectivity index is 0.000000186. The fourth-order valence-corrected chi connectivity index (χ4v) is 1.60. The maximum atomic E-state index is 3.49. The van der Waals surface area contributed by atoms with Gasteiger partial charge in [-0.2, -0.15) is 0 Å². The van der Waals surface area contributed by atoms with Gasteiger partial charge in [0.15, 0.2) is 0 Å². The van der Waals surface area contributed by atoms with E-state index >= 15 is 0 Å². The van der Waals surface area contributed by atoms with E-state index in [4.69, 9.17) is 0 Å². The van der Waals surface area contributed by atoms with Gasteiger partial charge in [0.1, 0.15) is 0 Å². The Morgan fingerprint density at radius 3 is 2.11 bits per heavy atom. The van der Waals surface area contributed by atoms with Gasteiger partial charge in [-0.3, -0.25) is 0 Å². The second kappa shape index (κ2) is 2.70. The van der Waals surface area contributed by atoms with Gasteiger partial charge in [-0.1, -0.05) is 13.8 Å². The molecule has 1 heteroatoms. The van der Waals surface area contributed by atoms with Crippen molar-refractivity contribution in [1.29, 1.82) is 0 Å². The maximum absolute atomic E-state index is 3.49. The summed E-state index contributed by atoms with van der Waals surface area (Å²) in [6.45, 7) is 6.27. The second-order valence-corrected chi connectivity index (χ2v) is 2.91. The van der Waals surface area contributed by atoms with Crippen LogP contribution in [0.2, 0.25) is 0 Å². The van der Waals surface area contributed by atoms with Crippen LogP contribution in [0.3, 0.4) is 0 Å². The fourth-order valence-electron chi connectivity index (χ4n) is 1.60. The molecule has 0 amide bonds. The third-order valence-corrected chi connectivity index (χ3v) is 2.08. The Morgan fingerprint density at radius 2 is 1.89 bits per heavy atom. The first-order chi connectivity index (χ1) is 4.36. The maximum Gasteiger partial charge on any atom is 0.0102 e. The largest absolute Gasteiger partial charge is 0.311 e. The lowest BCUT2D eigenvalue weighted by Gasteiger charge is -2.01. The van der Waals surface area contributed by atoms with Gasteiger partial charge < -0.3 is 5.32 Å². The van der Waals surface area contributed by atoms with Crippen LogP contribution in [0, 0.1) is 5.92 Å². The first kappa shape index (κ1) is 7.07. The van der Waals surface area contributed by atoms with Crippen molar-refractivity contribution >= 4 is 0 Å². The average Bonchev–Trinajstić information content (AvgIpc) is 2.46. The summed E-state index contributed by atoms with van der Waals surface area (Å²) in [5.41, 5.74) is 0. The van der Waals surface area contributed by atoms with Crippen LogP contribution >= 0.6 is 0 Å². The van der Waals surface area contributed by atoms with Crippen LogP contribution in [0.25, 0.3) is 0 Å². The van der Waals surface area contributed by atoms with Gasteiger partial charge in [-0.15, -0.1) is 0 Å². The minimum atomic E-state index is 0.823. The van der Waals surface area contributed by atoms with Crippen LogP contribution in [0.4, 0.5) is 0 Å². The number of piperidine rings is 1. The molecule has 1 aliphatic heterocycles. The summed E-state index contributed by atoms with van der Waals surface area (Å²) in [5.74, 6) is 1.08. The Bertz CT molecular complexity index is 80.6. The lowest BCUT2D eigenvalue weighted by atomic mass is 10.2. The molecule has 54 valence electrons. The van der Waals surface area contributed by atoms with Crippen LogP contribution in [0.1, 0.15) is 33.6 Å². The number of hydrogen-bond acceptors (Lipinski definition) is 1. The van der Waals surface area contributed by atoms with E-state index < -0.39 is 0 Å². The molecule has 0 spiro atoms. The molecule has 1 heterocycles. The Labute approximate surface area is 57.8 Å². The second-order valence-electron chi connectivity index (χ2n) is 2.91. The Hall–Kier alpha value is -0.0400. The number of hydrogen-bond donors (Lipinski definition) is 1. The van der Waals surface area contributed by atoms with E-state index in [1.807, 2.05) is 13.8 Å². The molecule has 2 aliphatic rings. The van der Waals surface area contributed by atoms with Gasteiger partial charge in [0.2, 0.25) is 0 Å². The van der Waals surface area contributed by atoms with Crippen molar-refractivity contribution in [2.24, 2.45) is 5.92 Å². The molecule has 0 aromatic carbocycles. The SMILES string of the molecule is CC.CC1C[C@@H]2C[C@@H]2N1. The molecule has 2 fully saturated rings. The molecule has 2 rings (SSSR count). The van der Waals surface area contributed by atoms with Crippen molar-refractivity contribution in [3.05, 3.63) is 0 Å². The van der Waals surface area contributed by atoms with Gasteiger partial charge in [-0.05, 0) is 25.7 Å². The van der Waals surface area contributed by atoms with Crippen molar-refractivity contribution < 1.29 is 0 Å². The highest BCUT2D eigenvalue weighted by Crippen LogP contribution is 2.40. The smallest absolute Gasteiger partial charge is 0.0102 e. The molecule has 1 unspecified atom stereocenters. The van der Waals surface area contributed by atoms with Gasteiger partial charge >= 0.3 is 0 Å². The molecule has 1 saturated heterocycles. The van der Waals surface area contributed by atoms with E-state index in [9.17, 15) is 0 Å². The molecule has 0 radical (unpaired) electrons. The summed E-state index contributed by atoms with van der Waals surface area (Å²) in [4.78, 5) is 0. The zero-order valence-electron chi connectivity index (χ0n) is 6.65. The first-order valence-electron chi connectivity index (χ1n) is 4.12. The normalized spacial score (nSPS) is 45.0. The highest BCUT2D eigenvalue weighted by atomic mass is 15.0. The predicted molar refractivity (Wildman–Crippen MR) is 40.5 cm³/mol. The van der Waals surface area contributed by atoms with E-state index in [2.05, 4.69) is 12.2 Å². The van der Waals surface area contributed by atoms with Crippen LogP contribution < -0.4 is 5.32 Å².